The lowest BCUT2D eigenvalue weighted by Crippen LogP contribution is -2.28. The van der Waals surface area contributed by atoms with Gasteiger partial charge in [-0.1, -0.05) is 6.42 Å². The standard InChI is InChI=1S/C16H26F2O3Si/c1-11(2)19-16(20-12(3)4)21-22-7-5-6-13-8-14(17)10-15(18)9-13/h8-12,16H,5-7,22H2,1-4H3. The average molecular weight is 332 g/mol. The molecule has 0 aliphatic carbocycles. The molecule has 0 aliphatic heterocycles. The van der Waals surface area contributed by atoms with Gasteiger partial charge >= 0.3 is 0 Å². The van der Waals surface area contributed by atoms with Gasteiger partial charge in [0.2, 0.25) is 0 Å². The van der Waals surface area contributed by atoms with Crippen LogP contribution in [-0.2, 0) is 20.3 Å². The predicted octanol–water partition coefficient (Wildman–Crippen LogP) is 3.55. The lowest BCUT2D eigenvalue weighted by molar-refractivity contribution is -0.275. The summed E-state index contributed by atoms with van der Waals surface area (Å²) in [6, 6.07) is 4.53. The molecule has 0 heterocycles. The molecule has 0 atom stereocenters. The summed E-state index contributed by atoms with van der Waals surface area (Å²) >= 11 is 0. The van der Waals surface area contributed by atoms with Crippen LogP contribution in [0.25, 0.3) is 0 Å². The first kappa shape index (κ1) is 19.2. The number of benzene rings is 1. The van der Waals surface area contributed by atoms with Gasteiger partial charge in [0.05, 0.1) is 12.2 Å². The highest BCUT2D eigenvalue weighted by Gasteiger charge is 2.13. The van der Waals surface area contributed by atoms with Gasteiger partial charge in [0.1, 0.15) is 11.6 Å². The van der Waals surface area contributed by atoms with Crippen molar-refractivity contribution in [3.63, 3.8) is 0 Å². The molecule has 0 aliphatic rings. The fourth-order valence-electron chi connectivity index (χ4n) is 1.92. The predicted molar refractivity (Wildman–Crippen MR) is 85.3 cm³/mol. The second kappa shape index (κ2) is 10.0. The van der Waals surface area contributed by atoms with Crippen molar-refractivity contribution >= 4 is 9.76 Å². The summed E-state index contributed by atoms with van der Waals surface area (Å²) in [7, 11) is -0.795. The highest BCUT2D eigenvalue weighted by molar-refractivity contribution is 6.27. The number of rotatable bonds is 10. The Labute approximate surface area is 133 Å². The molecule has 0 saturated carbocycles. The van der Waals surface area contributed by atoms with E-state index in [-0.39, 0.29) is 12.2 Å². The summed E-state index contributed by atoms with van der Waals surface area (Å²) in [5.74, 6) is -1.06. The normalized spacial score (nSPS) is 12.4. The fourth-order valence-corrected chi connectivity index (χ4v) is 2.89. The molecular formula is C16H26F2O3Si. The second-order valence-electron chi connectivity index (χ2n) is 5.76. The molecular weight excluding hydrogens is 306 g/mol. The third kappa shape index (κ3) is 8.58. The molecule has 3 nitrogen and oxygen atoms in total. The summed E-state index contributed by atoms with van der Waals surface area (Å²) < 4.78 is 42.9. The second-order valence-corrected chi connectivity index (χ2v) is 7.21. The van der Waals surface area contributed by atoms with Crippen LogP contribution in [0, 0.1) is 11.6 Å². The van der Waals surface area contributed by atoms with E-state index in [4.69, 9.17) is 13.9 Å². The first-order chi connectivity index (χ1) is 10.4. The topological polar surface area (TPSA) is 27.7 Å². The van der Waals surface area contributed by atoms with Gasteiger partial charge < -0.3 is 13.9 Å². The highest BCUT2D eigenvalue weighted by atomic mass is 28.2. The Morgan fingerprint density at radius 3 is 2.00 bits per heavy atom. The zero-order valence-corrected chi connectivity index (χ0v) is 15.2. The van der Waals surface area contributed by atoms with E-state index in [0.29, 0.717) is 12.0 Å². The molecule has 0 amide bonds. The number of hydrogen-bond acceptors (Lipinski definition) is 3. The van der Waals surface area contributed by atoms with Crippen LogP contribution < -0.4 is 0 Å². The Hall–Kier alpha value is -0.823. The third-order valence-corrected chi connectivity index (χ3v) is 4.10. The van der Waals surface area contributed by atoms with Crippen LogP contribution in [0.3, 0.4) is 0 Å². The third-order valence-electron chi connectivity index (χ3n) is 2.80. The van der Waals surface area contributed by atoms with E-state index >= 15 is 0 Å². The lowest BCUT2D eigenvalue weighted by atomic mass is 10.1. The van der Waals surface area contributed by atoms with Gasteiger partial charge in [-0.2, -0.15) is 0 Å². The molecule has 0 unspecified atom stereocenters. The first-order valence-electron chi connectivity index (χ1n) is 7.74. The molecule has 126 valence electrons. The lowest BCUT2D eigenvalue weighted by Gasteiger charge is -2.23. The average Bonchev–Trinajstić information content (AvgIpc) is 2.35. The van der Waals surface area contributed by atoms with Crippen LogP contribution >= 0.6 is 0 Å². The maximum atomic E-state index is 13.1. The number of aryl methyl sites for hydroxylation is 1. The van der Waals surface area contributed by atoms with E-state index in [0.717, 1.165) is 18.5 Å². The quantitative estimate of drug-likeness (QED) is 0.372. The van der Waals surface area contributed by atoms with Gasteiger partial charge in [0.25, 0.3) is 6.48 Å². The largest absolute Gasteiger partial charge is 0.379 e. The Kier molecular flexibility index (Phi) is 8.78. The van der Waals surface area contributed by atoms with E-state index in [1.165, 1.54) is 12.1 Å². The molecule has 1 rings (SSSR count). The fraction of sp³-hybridized carbons (Fsp3) is 0.625. The first-order valence-corrected chi connectivity index (χ1v) is 9.32. The molecule has 22 heavy (non-hydrogen) atoms. The van der Waals surface area contributed by atoms with Gasteiger partial charge in [-0.25, -0.2) is 8.78 Å². The Bertz CT molecular complexity index is 411. The molecule has 6 heteroatoms. The molecule has 0 bridgehead atoms. The summed E-state index contributed by atoms with van der Waals surface area (Å²) in [5.41, 5.74) is 0.680. The van der Waals surface area contributed by atoms with Crippen molar-refractivity contribution in [1.82, 2.24) is 0 Å². The van der Waals surface area contributed by atoms with E-state index in [1.54, 1.807) is 0 Å². The van der Waals surface area contributed by atoms with Crippen molar-refractivity contribution in [2.24, 2.45) is 0 Å². The Morgan fingerprint density at radius 1 is 0.955 bits per heavy atom. The zero-order chi connectivity index (χ0) is 16.5. The van der Waals surface area contributed by atoms with Crippen molar-refractivity contribution in [3.8, 4) is 0 Å². The van der Waals surface area contributed by atoms with Crippen LogP contribution in [0.5, 0.6) is 0 Å². The van der Waals surface area contributed by atoms with E-state index in [9.17, 15) is 8.78 Å². The van der Waals surface area contributed by atoms with Crippen LogP contribution in [0.15, 0.2) is 18.2 Å². The molecule has 0 fully saturated rings. The van der Waals surface area contributed by atoms with Gasteiger partial charge in [0.15, 0.2) is 9.76 Å². The maximum absolute atomic E-state index is 13.1. The van der Waals surface area contributed by atoms with Crippen LogP contribution in [-0.4, -0.2) is 28.4 Å². The number of ether oxygens (including phenoxy) is 2. The Balaban J connectivity index is 2.27. The molecule has 0 aromatic heterocycles. The highest BCUT2D eigenvalue weighted by Crippen LogP contribution is 2.12. The zero-order valence-electron chi connectivity index (χ0n) is 13.8. The van der Waals surface area contributed by atoms with Gasteiger partial charge in [-0.3, -0.25) is 0 Å². The molecule has 1 aromatic carbocycles. The smallest absolute Gasteiger partial charge is 0.262 e. The minimum Gasteiger partial charge on any atom is -0.379 e. The van der Waals surface area contributed by atoms with Crippen LogP contribution in [0.4, 0.5) is 8.78 Å². The molecule has 0 saturated heterocycles. The Morgan fingerprint density at radius 2 is 1.50 bits per heavy atom. The minimum atomic E-state index is -0.795. The molecule has 1 aromatic rings. The van der Waals surface area contributed by atoms with Gasteiger partial charge in [-0.05, 0) is 57.9 Å². The van der Waals surface area contributed by atoms with Gasteiger partial charge in [-0.15, -0.1) is 0 Å². The van der Waals surface area contributed by atoms with Crippen molar-refractivity contribution in [2.45, 2.75) is 65.3 Å². The maximum Gasteiger partial charge on any atom is 0.262 e. The molecule has 0 radical (unpaired) electrons. The molecule has 0 N–H and O–H groups in total. The van der Waals surface area contributed by atoms with Crippen molar-refractivity contribution in [1.29, 1.82) is 0 Å². The van der Waals surface area contributed by atoms with E-state index < -0.39 is 27.9 Å². The number of halogens is 2. The summed E-state index contributed by atoms with van der Waals surface area (Å²) in [5, 5.41) is 0. The molecule has 0 spiro atoms. The van der Waals surface area contributed by atoms with Gasteiger partial charge in [0, 0.05) is 6.07 Å². The van der Waals surface area contributed by atoms with Crippen LogP contribution in [0.1, 0.15) is 39.7 Å². The van der Waals surface area contributed by atoms with E-state index in [1.807, 2.05) is 27.7 Å². The monoisotopic (exact) mass is 332 g/mol. The van der Waals surface area contributed by atoms with Crippen molar-refractivity contribution < 1.29 is 22.7 Å². The summed E-state index contributed by atoms with van der Waals surface area (Å²) in [6.07, 6.45) is 1.55. The number of hydrogen-bond donors (Lipinski definition) is 0. The van der Waals surface area contributed by atoms with E-state index in [2.05, 4.69) is 0 Å². The van der Waals surface area contributed by atoms with Crippen molar-refractivity contribution in [3.05, 3.63) is 35.4 Å². The summed E-state index contributed by atoms with van der Waals surface area (Å²) in [4.78, 5) is 0. The summed E-state index contributed by atoms with van der Waals surface area (Å²) in [6.45, 7) is 7.11. The van der Waals surface area contributed by atoms with Crippen LogP contribution in [0.2, 0.25) is 6.04 Å². The SMILES string of the molecule is CC(C)OC(O[SiH2]CCCc1cc(F)cc(F)c1)OC(C)C. The minimum absolute atomic E-state index is 0.0352. The van der Waals surface area contributed by atoms with Crippen molar-refractivity contribution in [2.75, 3.05) is 0 Å².